The summed E-state index contributed by atoms with van der Waals surface area (Å²) in [5.74, 6) is 1.42. The smallest absolute Gasteiger partial charge is 0.234 e. The van der Waals surface area contributed by atoms with Crippen molar-refractivity contribution in [1.29, 1.82) is 5.26 Å². The van der Waals surface area contributed by atoms with E-state index in [1.807, 2.05) is 45.7 Å². The second-order valence-electron chi connectivity index (χ2n) is 6.60. The topological polar surface area (TPSA) is 91.2 Å². The third-order valence-corrected chi connectivity index (χ3v) is 5.83. The van der Waals surface area contributed by atoms with Gasteiger partial charge in [0, 0.05) is 40.2 Å². The molecule has 3 aromatic rings. The van der Waals surface area contributed by atoms with Gasteiger partial charge >= 0.3 is 0 Å². The maximum atomic E-state index is 12.6. The highest BCUT2D eigenvalue weighted by atomic mass is 32.2. The molecule has 0 atom stereocenters. The van der Waals surface area contributed by atoms with Crippen molar-refractivity contribution in [3.63, 3.8) is 0 Å². The van der Waals surface area contributed by atoms with Crippen molar-refractivity contribution < 1.29 is 9.21 Å². The predicted molar refractivity (Wildman–Crippen MR) is 106 cm³/mol. The average molecular weight is 396 g/mol. The number of carbonyl (C=O) groups is 1. The van der Waals surface area contributed by atoms with Crippen molar-refractivity contribution >= 4 is 34.6 Å². The first-order chi connectivity index (χ1) is 13.6. The standard InChI is InChI=1S/C19H20N6O2S/c1-13-21-15(11-20)18(27-13)25-9-7-24(8-10-25)17(26)12-28-19-22-14-5-3-4-6-16(14)23(19)2/h3-6H,7-10,12H2,1-2H3. The molecule has 1 fully saturated rings. The van der Waals surface area contributed by atoms with Crippen LogP contribution >= 0.6 is 11.8 Å². The summed E-state index contributed by atoms with van der Waals surface area (Å²) in [6.45, 7) is 4.14. The molecule has 0 saturated carbocycles. The van der Waals surface area contributed by atoms with Crippen LogP contribution in [-0.2, 0) is 11.8 Å². The predicted octanol–water partition coefficient (Wildman–Crippen LogP) is 2.18. The molecule has 8 nitrogen and oxygen atoms in total. The zero-order valence-electron chi connectivity index (χ0n) is 15.8. The van der Waals surface area contributed by atoms with Gasteiger partial charge in [-0.3, -0.25) is 4.79 Å². The zero-order chi connectivity index (χ0) is 19.7. The van der Waals surface area contributed by atoms with Gasteiger partial charge in [-0.1, -0.05) is 23.9 Å². The quantitative estimate of drug-likeness (QED) is 0.624. The van der Waals surface area contributed by atoms with E-state index in [9.17, 15) is 10.1 Å². The highest BCUT2D eigenvalue weighted by Gasteiger charge is 2.26. The molecule has 0 aliphatic carbocycles. The molecule has 144 valence electrons. The van der Waals surface area contributed by atoms with Crippen LogP contribution < -0.4 is 4.90 Å². The van der Waals surface area contributed by atoms with Gasteiger partial charge in [0.25, 0.3) is 0 Å². The normalized spacial score (nSPS) is 14.5. The number of hydrogen-bond donors (Lipinski definition) is 0. The lowest BCUT2D eigenvalue weighted by atomic mass is 10.3. The number of benzene rings is 1. The number of fused-ring (bicyclic) bond motifs is 1. The van der Waals surface area contributed by atoms with Gasteiger partial charge in [-0.2, -0.15) is 5.26 Å². The Morgan fingerprint density at radius 1 is 1.25 bits per heavy atom. The van der Waals surface area contributed by atoms with Gasteiger partial charge in [0.15, 0.2) is 11.0 Å². The fourth-order valence-electron chi connectivity index (χ4n) is 3.33. The fraction of sp³-hybridized carbons (Fsp3) is 0.368. The number of nitriles is 1. The number of piperazine rings is 1. The Balaban J connectivity index is 1.35. The first-order valence-electron chi connectivity index (χ1n) is 9.01. The summed E-state index contributed by atoms with van der Waals surface area (Å²) < 4.78 is 7.58. The molecule has 1 aliphatic rings. The molecule has 4 rings (SSSR count). The molecule has 0 bridgehead atoms. The zero-order valence-corrected chi connectivity index (χ0v) is 16.6. The lowest BCUT2D eigenvalue weighted by Crippen LogP contribution is -2.49. The maximum absolute atomic E-state index is 12.6. The number of aromatic nitrogens is 3. The summed E-state index contributed by atoms with van der Waals surface area (Å²) in [6, 6.07) is 10.0. The maximum Gasteiger partial charge on any atom is 0.234 e. The van der Waals surface area contributed by atoms with E-state index in [1.165, 1.54) is 11.8 Å². The monoisotopic (exact) mass is 396 g/mol. The van der Waals surface area contributed by atoms with Gasteiger partial charge in [0.1, 0.15) is 6.07 Å². The van der Waals surface area contributed by atoms with E-state index in [4.69, 9.17) is 4.42 Å². The van der Waals surface area contributed by atoms with Gasteiger partial charge in [0.2, 0.25) is 17.5 Å². The molecule has 0 unspecified atom stereocenters. The molecular formula is C19H20N6O2S. The van der Waals surface area contributed by atoms with Crippen molar-refractivity contribution in [3.05, 3.63) is 35.9 Å². The fourth-order valence-corrected chi connectivity index (χ4v) is 4.22. The molecular weight excluding hydrogens is 376 g/mol. The Morgan fingerprint density at radius 3 is 2.71 bits per heavy atom. The minimum absolute atomic E-state index is 0.0889. The second-order valence-corrected chi connectivity index (χ2v) is 7.54. The average Bonchev–Trinajstić information content (AvgIpc) is 3.26. The van der Waals surface area contributed by atoms with E-state index < -0.39 is 0 Å². The number of oxazole rings is 1. The number of amides is 1. The molecule has 0 spiro atoms. The Bertz CT molecular complexity index is 1060. The van der Waals surface area contributed by atoms with Crippen LogP contribution in [0.25, 0.3) is 11.0 Å². The Labute approximate surface area is 166 Å². The van der Waals surface area contributed by atoms with E-state index in [2.05, 4.69) is 16.0 Å². The Morgan fingerprint density at radius 2 is 2.00 bits per heavy atom. The summed E-state index contributed by atoms with van der Waals surface area (Å²) in [7, 11) is 1.97. The van der Waals surface area contributed by atoms with Gasteiger partial charge < -0.3 is 18.8 Å². The van der Waals surface area contributed by atoms with Crippen LogP contribution in [0.5, 0.6) is 0 Å². The number of rotatable bonds is 4. The van der Waals surface area contributed by atoms with Crippen LogP contribution in [0, 0.1) is 18.3 Å². The van der Waals surface area contributed by atoms with E-state index in [-0.39, 0.29) is 5.91 Å². The SMILES string of the molecule is Cc1nc(C#N)c(N2CCN(C(=O)CSc3nc4ccccc4n3C)CC2)o1. The van der Waals surface area contributed by atoms with Crippen LogP contribution in [0.3, 0.4) is 0 Å². The molecule has 2 aromatic heterocycles. The van der Waals surface area contributed by atoms with E-state index >= 15 is 0 Å². The van der Waals surface area contributed by atoms with Crippen molar-refractivity contribution in [2.45, 2.75) is 12.1 Å². The molecule has 0 N–H and O–H groups in total. The Hall–Kier alpha value is -2.99. The molecule has 3 heterocycles. The van der Waals surface area contributed by atoms with Crippen molar-refractivity contribution in [1.82, 2.24) is 19.4 Å². The third kappa shape index (κ3) is 3.43. The number of nitrogens with zero attached hydrogens (tertiary/aromatic N) is 6. The number of aryl methyl sites for hydroxylation is 2. The summed E-state index contributed by atoms with van der Waals surface area (Å²) in [5, 5.41) is 10.0. The number of imidazole rings is 1. The first-order valence-corrected chi connectivity index (χ1v) is 10.00. The highest BCUT2D eigenvalue weighted by Crippen LogP contribution is 2.25. The summed E-state index contributed by atoms with van der Waals surface area (Å²) in [5.41, 5.74) is 2.29. The van der Waals surface area contributed by atoms with Crippen molar-refractivity contribution in [2.75, 3.05) is 36.8 Å². The number of carbonyl (C=O) groups excluding carboxylic acids is 1. The lowest BCUT2D eigenvalue weighted by Gasteiger charge is -2.34. The summed E-state index contributed by atoms with van der Waals surface area (Å²) >= 11 is 1.46. The van der Waals surface area contributed by atoms with Crippen LogP contribution in [-0.4, -0.2) is 57.3 Å². The molecule has 1 amide bonds. The van der Waals surface area contributed by atoms with Crippen LogP contribution in [0.15, 0.2) is 33.8 Å². The molecule has 1 aromatic carbocycles. The van der Waals surface area contributed by atoms with E-state index in [0.29, 0.717) is 49.4 Å². The van der Waals surface area contributed by atoms with Crippen LogP contribution in [0.2, 0.25) is 0 Å². The molecule has 1 saturated heterocycles. The van der Waals surface area contributed by atoms with E-state index in [0.717, 1.165) is 16.2 Å². The molecule has 1 aliphatic heterocycles. The molecule has 0 radical (unpaired) electrons. The van der Waals surface area contributed by atoms with Crippen LogP contribution in [0.4, 0.5) is 5.88 Å². The largest absolute Gasteiger partial charge is 0.424 e. The minimum Gasteiger partial charge on any atom is -0.424 e. The Kier molecular flexibility index (Phi) is 4.96. The number of anilines is 1. The lowest BCUT2D eigenvalue weighted by molar-refractivity contribution is -0.128. The first kappa shape index (κ1) is 18.4. The van der Waals surface area contributed by atoms with Gasteiger partial charge in [-0.15, -0.1) is 0 Å². The third-order valence-electron chi connectivity index (χ3n) is 4.81. The van der Waals surface area contributed by atoms with E-state index in [1.54, 1.807) is 6.92 Å². The van der Waals surface area contributed by atoms with Crippen molar-refractivity contribution in [2.24, 2.45) is 7.05 Å². The summed E-state index contributed by atoms with van der Waals surface area (Å²) in [4.78, 5) is 25.1. The minimum atomic E-state index is 0.0889. The number of hydrogen-bond acceptors (Lipinski definition) is 7. The highest BCUT2D eigenvalue weighted by molar-refractivity contribution is 7.99. The van der Waals surface area contributed by atoms with Gasteiger partial charge in [-0.05, 0) is 12.1 Å². The molecule has 28 heavy (non-hydrogen) atoms. The molecule has 9 heteroatoms. The second kappa shape index (κ2) is 7.56. The van der Waals surface area contributed by atoms with Gasteiger partial charge in [-0.25, -0.2) is 9.97 Å². The van der Waals surface area contributed by atoms with Gasteiger partial charge in [0.05, 0.1) is 16.8 Å². The van der Waals surface area contributed by atoms with Crippen LogP contribution in [0.1, 0.15) is 11.6 Å². The van der Waals surface area contributed by atoms with Crippen molar-refractivity contribution in [3.8, 4) is 6.07 Å². The number of para-hydroxylation sites is 2. The summed E-state index contributed by atoms with van der Waals surface area (Å²) in [6.07, 6.45) is 0. The number of thioether (sulfide) groups is 1.